The second kappa shape index (κ2) is 18.1. The van der Waals surface area contributed by atoms with Crippen LogP contribution in [0.3, 0.4) is 0 Å². The molecule has 5 aromatic rings. The van der Waals surface area contributed by atoms with E-state index in [2.05, 4.69) is 10.6 Å². The van der Waals surface area contributed by atoms with Gasteiger partial charge in [0.2, 0.25) is 11.5 Å². The Morgan fingerprint density at radius 3 is 1.86 bits per heavy atom. The van der Waals surface area contributed by atoms with Crippen molar-refractivity contribution in [2.45, 2.75) is 17.6 Å². The molecular formula is C36H32F3N4O13PS2. The molecule has 0 radical (unpaired) electrons. The molecule has 0 bridgehead atoms. The Morgan fingerprint density at radius 1 is 0.831 bits per heavy atom. The number of carbonyl (C=O) groups excluding carboxylic acids is 2. The predicted molar refractivity (Wildman–Crippen MR) is 203 cm³/mol. The van der Waals surface area contributed by atoms with E-state index < -0.39 is 121 Å². The number of benzene rings is 4. The maximum absolute atomic E-state index is 16.5. The van der Waals surface area contributed by atoms with E-state index in [0.29, 0.717) is 6.07 Å². The van der Waals surface area contributed by atoms with Crippen LogP contribution in [-0.4, -0.2) is 78.1 Å². The van der Waals surface area contributed by atoms with Crippen LogP contribution in [0.25, 0.3) is 10.1 Å². The highest BCUT2D eigenvalue weighted by Gasteiger charge is 2.34. The summed E-state index contributed by atoms with van der Waals surface area (Å²) in [4.78, 5) is 35.5. The van der Waals surface area contributed by atoms with Crippen molar-refractivity contribution in [3.8, 4) is 46.3 Å². The smallest absolute Gasteiger partial charge is 0.391 e. The molecule has 0 aliphatic rings. The van der Waals surface area contributed by atoms with Crippen LogP contribution in [-0.2, 0) is 21.0 Å². The molecule has 4 aromatic carbocycles. The molecule has 0 fully saturated rings. The van der Waals surface area contributed by atoms with Gasteiger partial charge in [0.15, 0.2) is 34.6 Å². The number of amides is 2. The molecule has 5 rings (SSSR count). The third-order valence-electron chi connectivity index (χ3n) is 8.10. The number of aryl methyl sites for hydroxylation is 1. The van der Waals surface area contributed by atoms with Crippen molar-refractivity contribution in [3.63, 3.8) is 0 Å². The van der Waals surface area contributed by atoms with E-state index in [1.54, 1.807) is 6.07 Å². The number of nitrogens with zero attached hydrogens (tertiary/aromatic N) is 1. The lowest BCUT2D eigenvalue weighted by molar-refractivity contribution is 0.0936. The second-order valence-corrected chi connectivity index (χ2v) is 16.9. The Balaban J connectivity index is 1.41. The molecule has 2 amide bonds. The summed E-state index contributed by atoms with van der Waals surface area (Å²) >= 11 is 0.253. The minimum absolute atomic E-state index is 0.0620. The van der Waals surface area contributed by atoms with Crippen molar-refractivity contribution < 1.29 is 75.1 Å². The number of rotatable bonds is 17. The summed E-state index contributed by atoms with van der Waals surface area (Å²) < 4.78 is 103. The first-order valence-corrected chi connectivity index (χ1v) is 21.0. The highest BCUT2D eigenvalue weighted by Crippen LogP contribution is 2.47. The zero-order valence-corrected chi connectivity index (χ0v) is 32.8. The topological polar surface area (TPSA) is 274 Å². The summed E-state index contributed by atoms with van der Waals surface area (Å²) in [6.07, 6.45) is -1.49. The monoisotopic (exact) mass is 880 g/mol. The zero-order chi connectivity index (χ0) is 43.2. The van der Waals surface area contributed by atoms with Crippen LogP contribution < -0.4 is 29.4 Å². The molecule has 1 atom stereocenters. The molecule has 8 N–H and O–H groups in total. The van der Waals surface area contributed by atoms with Gasteiger partial charge in [0.05, 0.1) is 23.4 Å². The van der Waals surface area contributed by atoms with Gasteiger partial charge in [-0.25, -0.2) is 26.2 Å². The quantitative estimate of drug-likeness (QED) is 0.0358. The molecule has 0 spiro atoms. The number of hydrogen-bond acceptors (Lipinski definition) is 14. The van der Waals surface area contributed by atoms with E-state index in [0.717, 1.165) is 36.4 Å². The van der Waals surface area contributed by atoms with Crippen molar-refractivity contribution in [1.29, 1.82) is 5.26 Å². The van der Waals surface area contributed by atoms with Gasteiger partial charge in [-0.1, -0.05) is 6.92 Å². The first-order chi connectivity index (χ1) is 27.9. The van der Waals surface area contributed by atoms with Crippen LogP contribution in [0.4, 0.5) is 13.2 Å². The molecule has 0 saturated carbocycles. The number of nitrogens with one attached hydrogen (secondary N) is 3. The molecule has 17 nitrogen and oxygen atoms in total. The number of thiophene rings is 1. The second-order valence-electron chi connectivity index (χ2n) is 12.1. The lowest BCUT2D eigenvalue weighted by atomic mass is 10.1. The number of ether oxygens (including phenoxy) is 2. The predicted octanol–water partition coefficient (Wildman–Crippen LogP) is 4.69. The first kappa shape index (κ1) is 43.9. The lowest BCUT2D eigenvalue weighted by Crippen LogP contribution is -2.29. The summed E-state index contributed by atoms with van der Waals surface area (Å²) in [7, 11) is -9.72. The minimum atomic E-state index is -4.89. The van der Waals surface area contributed by atoms with Crippen LogP contribution >= 0.6 is 18.9 Å². The highest BCUT2D eigenvalue weighted by atomic mass is 32.2. The van der Waals surface area contributed by atoms with Gasteiger partial charge in [-0.15, -0.1) is 11.3 Å². The van der Waals surface area contributed by atoms with Gasteiger partial charge in [-0.3, -0.25) is 9.59 Å². The number of aromatic hydroxyl groups is 4. The summed E-state index contributed by atoms with van der Waals surface area (Å²) in [5, 5.41) is 51.6. The number of phenols is 4. The van der Waals surface area contributed by atoms with Gasteiger partial charge in [0, 0.05) is 22.6 Å². The molecule has 1 heterocycles. The van der Waals surface area contributed by atoms with Crippen molar-refractivity contribution in [1.82, 2.24) is 15.4 Å². The zero-order valence-electron chi connectivity index (χ0n) is 30.3. The number of hydrogen-bond donors (Lipinski definition) is 8. The van der Waals surface area contributed by atoms with E-state index in [-0.39, 0.29) is 53.1 Å². The van der Waals surface area contributed by atoms with Crippen LogP contribution in [0, 0.1) is 28.8 Å². The standard InChI is InChI=1S/C36H32F3N4O13PS2/c1-2-22-28-29(38)31(54-11-9-41-34(48)18-4-7-24(44)26(46)13-18)32(55-12-10-42-35(49)19-5-8-25(45)27(47)14-19)30(39)33(28)58-36(22)59(52,53)43-17-57(50,51)56-21-6-3-20(16-40)23(37)15-21/h3-8,13-15,43-47H,2,9-12,17H2,1H3,(H,41,48)(H,42,49)(H,50,51). The van der Waals surface area contributed by atoms with Crippen LogP contribution in [0.2, 0.25) is 0 Å². The Hall–Kier alpha value is -6.24. The number of nitriles is 1. The van der Waals surface area contributed by atoms with Gasteiger partial charge >= 0.3 is 7.60 Å². The summed E-state index contributed by atoms with van der Waals surface area (Å²) in [5.74, 6) is -9.44. The molecule has 0 aliphatic heterocycles. The molecule has 1 aromatic heterocycles. The van der Waals surface area contributed by atoms with Crippen molar-refractivity contribution in [3.05, 3.63) is 94.3 Å². The number of sulfonamides is 1. The summed E-state index contributed by atoms with van der Waals surface area (Å²) in [5.41, 5.74) is -0.776. The summed E-state index contributed by atoms with van der Waals surface area (Å²) in [6.45, 7) is -0.289. The number of phenolic OH excluding ortho intramolecular Hbond substituents is 4. The minimum Gasteiger partial charge on any atom is -0.504 e. The Kier molecular flexibility index (Phi) is 13.5. The fraction of sp³-hybridized carbons (Fsp3) is 0.194. The molecular weight excluding hydrogens is 849 g/mol. The van der Waals surface area contributed by atoms with Gasteiger partial charge in [-0.2, -0.15) is 9.98 Å². The Morgan fingerprint density at radius 2 is 1.37 bits per heavy atom. The largest absolute Gasteiger partial charge is 0.504 e. The fourth-order valence-electron chi connectivity index (χ4n) is 5.28. The van der Waals surface area contributed by atoms with E-state index in [1.807, 2.05) is 4.72 Å². The van der Waals surface area contributed by atoms with Gasteiger partial charge < -0.3 is 50.0 Å². The highest BCUT2D eigenvalue weighted by molar-refractivity contribution is 7.92. The van der Waals surface area contributed by atoms with Crippen molar-refractivity contribution in [2.24, 2.45) is 0 Å². The Labute approximate surface area is 336 Å². The van der Waals surface area contributed by atoms with Crippen molar-refractivity contribution >= 4 is 50.9 Å². The lowest BCUT2D eigenvalue weighted by Gasteiger charge is -2.16. The van der Waals surface area contributed by atoms with Crippen molar-refractivity contribution in [2.75, 3.05) is 32.6 Å². The molecule has 0 saturated heterocycles. The fourth-order valence-corrected chi connectivity index (χ4v) is 9.74. The number of halogens is 3. The maximum atomic E-state index is 16.5. The molecule has 0 aliphatic carbocycles. The summed E-state index contributed by atoms with van der Waals surface area (Å²) in [6, 6.07) is 10.7. The normalized spacial score (nSPS) is 12.3. The third-order valence-corrected chi connectivity index (χ3v) is 12.6. The van der Waals surface area contributed by atoms with Crippen LogP contribution in [0.1, 0.15) is 38.8 Å². The number of carbonyl (C=O) groups is 2. The first-order valence-electron chi connectivity index (χ1n) is 16.9. The average Bonchev–Trinajstić information content (AvgIpc) is 3.60. The molecule has 59 heavy (non-hydrogen) atoms. The van der Waals surface area contributed by atoms with E-state index >= 15 is 8.78 Å². The van der Waals surface area contributed by atoms with Crippen LogP contribution in [0.15, 0.2) is 58.8 Å². The molecule has 1 unspecified atom stereocenters. The van der Waals surface area contributed by atoms with Gasteiger partial charge in [-0.05, 0) is 60.5 Å². The number of fused-ring (bicyclic) bond motifs is 1. The van der Waals surface area contributed by atoms with E-state index in [1.165, 1.54) is 19.1 Å². The SMILES string of the molecule is CCc1c(S(=O)(=O)NCP(=O)(O)Oc2ccc(C#N)c(F)c2)sc2c(F)c(OCCNC(=O)c3ccc(O)c(O)c3)c(OCCNC(=O)c3ccc(O)c(O)c3)c(F)c12. The van der Waals surface area contributed by atoms with Crippen LogP contribution in [0.5, 0.6) is 40.2 Å². The maximum Gasteiger partial charge on any atom is 0.391 e. The van der Waals surface area contributed by atoms with E-state index in [9.17, 15) is 52.3 Å². The Bertz CT molecular complexity index is 2660. The average molecular weight is 881 g/mol. The molecule has 312 valence electrons. The van der Waals surface area contributed by atoms with Gasteiger partial charge in [0.25, 0.3) is 21.8 Å². The molecule has 23 heteroatoms. The van der Waals surface area contributed by atoms with E-state index in [4.69, 9.17) is 19.3 Å². The van der Waals surface area contributed by atoms with Gasteiger partial charge in [0.1, 0.15) is 41.3 Å². The third kappa shape index (κ3) is 10.1.